The summed E-state index contributed by atoms with van der Waals surface area (Å²) in [4.78, 5) is 16.0. The summed E-state index contributed by atoms with van der Waals surface area (Å²) in [6.45, 7) is 4.10. The minimum Gasteiger partial charge on any atom is -0.481 e. The van der Waals surface area contributed by atoms with Crippen LogP contribution < -0.4 is 0 Å². The maximum atomic E-state index is 13.8. The van der Waals surface area contributed by atoms with Crippen molar-refractivity contribution in [2.45, 2.75) is 64.1 Å². The second kappa shape index (κ2) is 10.7. The van der Waals surface area contributed by atoms with Crippen molar-refractivity contribution in [3.8, 4) is 22.4 Å². The number of aliphatic hydroxyl groups excluding tert-OH is 2. The van der Waals surface area contributed by atoms with Gasteiger partial charge in [-0.25, -0.2) is 4.39 Å². The van der Waals surface area contributed by atoms with E-state index in [1.165, 1.54) is 12.1 Å². The zero-order valence-corrected chi connectivity index (χ0v) is 20.8. The van der Waals surface area contributed by atoms with E-state index in [0.29, 0.717) is 0 Å². The van der Waals surface area contributed by atoms with Crippen LogP contribution in [0, 0.1) is 5.82 Å². The number of aliphatic hydroxyl groups is 2. The molecule has 190 valence electrons. The van der Waals surface area contributed by atoms with Gasteiger partial charge in [-0.15, -0.1) is 0 Å². The normalized spacial score (nSPS) is 15.0. The number of rotatable bonds is 8. The van der Waals surface area contributed by atoms with Gasteiger partial charge in [0, 0.05) is 30.3 Å². The van der Waals surface area contributed by atoms with Gasteiger partial charge in [0.15, 0.2) is 0 Å². The van der Waals surface area contributed by atoms with Gasteiger partial charge in [0.1, 0.15) is 5.82 Å². The lowest BCUT2D eigenvalue weighted by atomic mass is 9.87. The standard InChI is InChI=1S/C28H32FN3O4/c1-16(2)27-22(12-11-19(33)13-20(34)14-25(35)36)26(17-7-9-18(29)10-8-17)21-5-4-6-24-23(28(21)31-27)15-30-32(24)3/h7-12,15-16,19-20,33-34H,4-6,13-14H2,1-3H3,(H,35,36)/b12-11+/t19-,20-/m1/s1. The van der Waals surface area contributed by atoms with Gasteiger partial charge < -0.3 is 15.3 Å². The van der Waals surface area contributed by atoms with Crippen LogP contribution in [0.15, 0.2) is 36.5 Å². The fourth-order valence-corrected chi connectivity index (χ4v) is 4.92. The number of pyridine rings is 1. The first-order valence-corrected chi connectivity index (χ1v) is 12.3. The van der Waals surface area contributed by atoms with Crippen molar-refractivity contribution in [3.05, 3.63) is 64.9 Å². The smallest absolute Gasteiger partial charge is 0.305 e. The van der Waals surface area contributed by atoms with Crippen LogP contribution in [0.2, 0.25) is 0 Å². The van der Waals surface area contributed by atoms with E-state index in [9.17, 15) is 19.4 Å². The van der Waals surface area contributed by atoms with Crippen LogP contribution in [0.4, 0.5) is 4.39 Å². The summed E-state index contributed by atoms with van der Waals surface area (Å²) in [6.07, 6.45) is 5.06. The number of hydrogen-bond acceptors (Lipinski definition) is 5. The maximum absolute atomic E-state index is 13.8. The second-order valence-electron chi connectivity index (χ2n) is 9.67. The average molecular weight is 494 g/mol. The van der Waals surface area contributed by atoms with E-state index in [2.05, 4.69) is 18.9 Å². The highest BCUT2D eigenvalue weighted by atomic mass is 19.1. The van der Waals surface area contributed by atoms with Crippen molar-refractivity contribution in [3.63, 3.8) is 0 Å². The SMILES string of the molecule is CC(C)c1nc2c(c(-c3ccc(F)cc3)c1/C=C/[C@@H](O)C[C@@H](O)CC(=O)O)CCCc1c-2cnn1C. The van der Waals surface area contributed by atoms with Crippen molar-refractivity contribution in [1.29, 1.82) is 0 Å². The number of aromatic nitrogens is 3. The van der Waals surface area contributed by atoms with Gasteiger partial charge in [-0.2, -0.15) is 5.10 Å². The Morgan fingerprint density at radius 3 is 2.58 bits per heavy atom. The predicted octanol–water partition coefficient (Wildman–Crippen LogP) is 4.50. The molecule has 1 aliphatic rings. The minimum absolute atomic E-state index is 0.0484. The first-order chi connectivity index (χ1) is 17.2. The number of aliphatic carboxylic acids is 1. The van der Waals surface area contributed by atoms with Crippen molar-refractivity contribution in [2.75, 3.05) is 0 Å². The molecule has 8 heteroatoms. The fourth-order valence-electron chi connectivity index (χ4n) is 4.92. The maximum Gasteiger partial charge on any atom is 0.305 e. The van der Waals surface area contributed by atoms with Crippen LogP contribution in [-0.4, -0.2) is 48.3 Å². The number of aryl methyl sites for hydroxylation is 1. The fraction of sp³-hybridized carbons (Fsp3) is 0.393. The lowest BCUT2D eigenvalue weighted by molar-refractivity contribution is -0.139. The molecule has 1 aliphatic carbocycles. The van der Waals surface area contributed by atoms with Crippen LogP contribution in [-0.2, 0) is 24.7 Å². The van der Waals surface area contributed by atoms with Crippen molar-refractivity contribution >= 4 is 12.0 Å². The molecular weight excluding hydrogens is 461 g/mol. The second-order valence-corrected chi connectivity index (χ2v) is 9.67. The Bertz CT molecular complexity index is 1280. The van der Waals surface area contributed by atoms with E-state index in [1.807, 2.05) is 17.9 Å². The topological polar surface area (TPSA) is 108 Å². The Morgan fingerprint density at radius 1 is 1.19 bits per heavy atom. The average Bonchev–Trinajstić information content (AvgIpc) is 3.06. The molecule has 0 amide bonds. The molecule has 0 aliphatic heterocycles. The minimum atomic E-state index is -1.16. The molecule has 3 aromatic rings. The summed E-state index contributed by atoms with van der Waals surface area (Å²) in [5, 5.41) is 33.8. The van der Waals surface area contributed by atoms with Gasteiger partial charge >= 0.3 is 5.97 Å². The molecule has 0 saturated carbocycles. The molecule has 0 unspecified atom stereocenters. The first-order valence-electron chi connectivity index (χ1n) is 12.3. The Morgan fingerprint density at radius 2 is 1.92 bits per heavy atom. The lowest BCUT2D eigenvalue weighted by Gasteiger charge is -2.21. The third-order valence-electron chi connectivity index (χ3n) is 6.61. The van der Waals surface area contributed by atoms with Gasteiger partial charge in [-0.1, -0.05) is 38.1 Å². The lowest BCUT2D eigenvalue weighted by Crippen LogP contribution is -2.19. The number of benzene rings is 1. The summed E-state index contributed by atoms with van der Waals surface area (Å²) in [5.41, 5.74) is 7.52. The summed E-state index contributed by atoms with van der Waals surface area (Å²) in [6, 6.07) is 6.39. The zero-order valence-electron chi connectivity index (χ0n) is 20.8. The van der Waals surface area contributed by atoms with Crippen molar-refractivity contribution < 1.29 is 24.5 Å². The van der Waals surface area contributed by atoms with Crippen LogP contribution >= 0.6 is 0 Å². The summed E-state index contributed by atoms with van der Waals surface area (Å²) in [7, 11) is 1.94. The number of carbonyl (C=O) groups is 1. The number of fused-ring (bicyclic) bond motifs is 3. The van der Waals surface area contributed by atoms with Crippen LogP contribution in [0.25, 0.3) is 28.5 Å². The number of carboxylic acid groups (broad SMARTS) is 1. The molecule has 0 fully saturated rings. The van der Waals surface area contributed by atoms with Crippen LogP contribution in [0.3, 0.4) is 0 Å². The van der Waals surface area contributed by atoms with E-state index >= 15 is 0 Å². The molecule has 0 bridgehead atoms. The number of nitrogens with zero attached hydrogens (tertiary/aromatic N) is 3. The molecule has 0 spiro atoms. The van der Waals surface area contributed by atoms with Gasteiger partial charge in [0.05, 0.1) is 36.2 Å². The zero-order chi connectivity index (χ0) is 26.0. The van der Waals surface area contributed by atoms with Gasteiger partial charge in [0.25, 0.3) is 0 Å². The van der Waals surface area contributed by atoms with E-state index in [0.717, 1.165) is 64.2 Å². The number of halogens is 1. The Hall–Kier alpha value is -3.36. The summed E-state index contributed by atoms with van der Waals surface area (Å²) in [5.74, 6) is -1.39. The third kappa shape index (κ3) is 5.39. The predicted molar refractivity (Wildman–Crippen MR) is 136 cm³/mol. The van der Waals surface area contributed by atoms with Crippen LogP contribution in [0.5, 0.6) is 0 Å². The number of carboxylic acids is 1. The molecule has 1 aromatic carbocycles. The molecular formula is C28H32FN3O4. The molecule has 2 heterocycles. The molecule has 2 aromatic heterocycles. The highest BCUT2D eigenvalue weighted by Gasteiger charge is 2.27. The third-order valence-corrected chi connectivity index (χ3v) is 6.61. The van der Waals surface area contributed by atoms with E-state index in [4.69, 9.17) is 10.1 Å². The van der Waals surface area contributed by atoms with Gasteiger partial charge in [0.2, 0.25) is 0 Å². The van der Waals surface area contributed by atoms with Gasteiger partial charge in [-0.05, 0) is 54.0 Å². The number of hydrogen-bond donors (Lipinski definition) is 3. The monoisotopic (exact) mass is 493 g/mol. The van der Waals surface area contributed by atoms with E-state index in [-0.39, 0.29) is 18.2 Å². The van der Waals surface area contributed by atoms with Gasteiger partial charge in [-0.3, -0.25) is 14.5 Å². The highest BCUT2D eigenvalue weighted by molar-refractivity contribution is 5.85. The Labute approximate surface area is 209 Å². The van der Waals surface area contributed by atoms with Crippen molar-refractivity contribution in [2.24, 2.45) is 7.05 Å². The quantitative estimate of drug-likeness (QED) is 0.426. The molecule has 4 rings (SSSR count). The highest BCUT2D eigenvalue weighted by Crippen LogP contribution is 2.41. The molecule has 3 N–H and O–H groups in total. The molecule has 0 radical (unpaired) electrons. The van der Waals surface area contributed by atoms with Crippen molar-refractivity contribution in [1.82, 2.24) is 14.8 Å². The van der Waals surface area contributed by atoms with E-state index in [1.54, 1.807) is 24.3 Å². The molecule has 36 heavy (non-hydrogen) atoms. The largest absolute Gasteiger partial charge is 0.481 e. The molecule has 0 saturated heterocycles. The summed E-state index contributed by atoms with van der Waals surface area (Å²) >= 11 is 0. The molecule has 2 atom stereocenters. The Kier molecular flexibility index (Phi) is 7.66. The summed E-state index contributed by atoms with van der Waals surface area (Å²) < 4.78 is 15.7. The van der Waals surface area contributed by atoms with E-state index < -0.39 is 24.6 Å². The Balaban J connectivity index is 1.89. The van der Waals surface area contributed by atoms with Crippen LogP contribution in [0.1, 0.15) is 61.5 Å². The molecule has 7 nitrogen and oxygen atoms in total. The first kappa shape index (κ1) is 25.7.